The van der Waals surface area contributed by atoms with Crippen LogP contribution in [0.1, 0.15) is 27.9 Å². The van der Waals surface area contributed by atoms with E-state index in [1.807, 2.05) is 42.5 Å². The quantitative estimate of drug-likeness (QED) is 0.214. The lowest BCUT2D eigenvalue weighted by Crippen LogP contribution is -2.25. The van der Waals surface area contributed by atoms with Gasteiger partial charge < -0.3 is 14.2 Å². The molecule has 0 unspecified atom stereocenters. The van der Waals surface area contributed by atoms with E-state index in [-0.39, 0.29) is 24.7 Å². The number of nitriles is 1. The van der Waals surface area contributed by atoms with E-state index in [0.717, 1.165) is 20.1 Å². The molecule has 0 saturated heterocycles. The Labute approximate surface area is 234 Å². The van der Waals surface area contributed by atoms with Gasteiger partial charge in [0.05, 0.1) is 27.5 Å². The molecular formula is C25H21Br3N4O4. The molecule has 0 fully saturated rings. The van der Waals surface area contributed by atoms with Crippen molar-refractivity contribution in [3.63, 3.8) is 0 Å². The van der Waals surface area contributed by atoms with Crippen molar-refractivity contribution in [3.8, 4) is 17.7 Å². The lowest BCUT2D eigenvalue weighted by atomic mass is 10.1. The minimum Gasteiger partial charge on any atom is -0.487 e. The summed E-state index contributed by atoms with van der Waals surface area (Å²) in [5.74, 6) is 0.210. The molecule has 36 heavy (non-hydrogen) atoms. The van der Waals surface area contributed by atoms with Crippen molar-refractivity contribution < 1.29 is 19.0 Å². The molecule has 0 aliphatic heterocycles. The third kappa shape index (κ3) is 7.36. The molecule has 2 aromatic carbocycles. The lowest BCUT2D eigenvalue weighted by molar-refractivity contribution is -0.123. The average Bonchev–Trinajstić information content (AvgIpc) is 2.86. The molecule has 186 valence electrons. The van der Waals surface area contributed by atoms with Gasteiger partial charge in [-0.3, -0.25) is 4.79 Å². The highest BCUT2D eigenvalue weighted by molar-refractivity contribution is 9.11. The van der Waals surface area contributed by atoms with Gasteiger partial charge in [0.1, 0.15) is 24.0 Å². The highest BCUT2D eigenvalue weighted by atomic mass is 79.9. The fourth-order valence-electron chi connectivity index (χ4n) is 3.08. The van der Waals surface area contributed by atoms with E-state index in [4.69, 9.17) is 14.2 Å². The van der Waals surface area contributed by atoms with Gasteiger partial charge in [0.2, 0.25) is 5.88 Å². The number of nitrogens with one attached hydrogen (secondary N) is 1. The van der Waals surface area contributed by atoms with E-state index in [2.05, 4.69) is 69.4 Å². The third-order valence-corrected chi connectivity index (χ3v) is 6.99. The Morgan fingerprint density at radius 2 is 1.83 bits per heavy atom. The first kappa shape index (κ1) is 27.8. The molecule has 11 heteroatoms. The minimum atomic E-state index is -0.508. The molecule has 0 radical (unpaired) electrons. The summed E-state index contributed by atoms with van der Waals surface area (Å²) in [7, 11) is 1.53. The monoisotopic (exact) mass is 678 g/mol. The number of amides is 1. The average molecular weight is 681 g/mol. The molecule has 1 heterocycles. The Balaban J connectivity index is 1.60. The summed E-state index contributed by atoms with van der Waals surface area (Å²) < 4.78 is 18.7. The van der Waals surface area contributed by atoms with Crippen molar-refractivity contribution in [2.45, 2.75) is 20.1 Å². The van der Waals surface area contributed by atoms with Gasteiger partial charge in [-0.05, 0) is 78.0 Å². The number of aryl methyl sites for hydroxylation is 1. The Hall–Kier alpha value is -2.78. The molecule has 3 aromatic rings. The number of nitrogens with zero attached hydrogens (tertiary/aromatic N) is 3. The number of ether oxygens (including phenoxy) is 3. The maximum Gasteiger partial charge on any atom is 0.278 e. The summed E-state index contributed by atoms with van der Waals surface area (Å²) in [4.78, 5) is 16.5. The van der Waals surface area contributed by atoms with Crippen LogP contribution in [0.4, 0.5) is 0 Å². The third-order valence-electron chi connectivity index (χ3n) is 4.76. The molecule has 0 spiro atoms. The molecule has 3 rings (SSSR count). The molecule has 0 aliphatic carbocycles. The van der Waals surface area contributed by atoms with Gasteiger partial charge in [0, 0.05) is 17.1 Å². The number of carbonyl (C=O) groups excluding carboxylic acids is 1. The van der Waals surface area contributed by atoms with E-state index >= 15 is 0 Å². The summed E-state index contributed by atoms with van der Waals surface area (Å²) in [6.45, 7) is 2.01. The summed E-state index contributed by atoms with van der Waals surface area (Å²) in [6, 6.07) is 15.6. The van der Waals surface area contributed by atoms with Gasteiger partial charge in [0.25, 0.3) is 5.91 Å². The normalized spacial score (nSPS) is 10.8. The number of benzene rings is 2. The number of hydrogen-bond acceptors (Lipinski definition) is 7. The smallest absolute Gasteiger partial charge is 0.278 e. The molecule has 0 saturated carbocycles. The molecule has 1 amide bonds. The van der Waals surface area contributed by atoms with Gasteiger partial charge in [-0.25, -0.2) is 10.4 Å². The molecule has 1 aromatic heterocycles. The minimum absolute atomic E-state index is 0.0586. The summed E-state index contributed by atoms with van der Waals surface area (Å²) >= 11 is 10.4. The Morgan fingerprint density at radius 3 is 2.47 bits per heavy atom. The van der Waals surface area contributed by atoms with Gasteiger partial charge in [-0.15, -0.1) is 0 Å². The highest BCUT2D eigenvalue weighted by Gasteiger charge is 2.18. The second kappa shape index (κ2) is 13.5. The fraction of sp³-hybridized carbons (Fsp3) is 0.200. The van der Waals surface area contributed by atoms with Crippen LogP contribution in [0, 0.1) is 18.3 Å². The molecule has 1 N–H and O–H groups in total. The second-order valence-corrected chi connectivity index (χ2v) is 9.89. The number of halogens is 3. The van der Waals surface area contributed by atoms with E-state index in [1.54, 1.807) is 6.92 Å². The zero-order valence-electron chi connectivity index (χ0n) is 19.3. The van der Waals surface area contributed by atoms with E-state index < -0.39 is 5.91 Å². The summed E-state index contributed by atoms with van der Waals surface area (Å²) in [6.07, 6.45) is 1.49. The summed E-state index contributed by atoms with van der Waals surface area (Å²) in [5.41, 5.74) is 5.60. The van der Waals surface area contributed by atoms with Crippen LogP contribution in [0.15, 0.2) is 61.0 Å². The Bertz CT molecular complexity index is 1290. The van der Waals surface area contributed by atoms with Crippen LogP contribution in [-0.4, -0.2) is 30.8 Å². The van der Waals surface area contributed by atoms with Crippen LogP contribution in [0.5, 0.6) is 11.6 Å². The molecule has 8 nitrogen and oxygen atoms in total. The van der Waals surface area contributed by atoms with E-state index in [1.165, 1.54) is 13.3 Å². The first-order valence-electron chi connectivity index (χ1n) is 10.5. The van der Waals surface area contributed by atoms with Crippen molar-refractivity contribution in [2.24, 2.45) is 5.10 Å². The first-order chi connectivity index (χ1) is 17.3. The van der Waals surface area contributed by atoms with Crippen molar-refractivity contribution in [1.29, 1.82) is 5.26 Å². The van der Waals surface area contributed by atoms with Crippen LogP contribution in [0.2, 0.25) is 0 Å². The van der Waals surface area contributed by atoms with Crippen LogP contribution in [0.3, 0.4) is 0 Å². The maximum absolute atomic E-state index is 12.2. The Morgan fingerprint density at radius 1 is 1.14 bits per heavy atom. The van der Waals surface area contributed by atoms with Crippen molar-refractivity contribution in [1.82, 2.24) is 10.4 Å². The van der Waals surface area contributed by atoms with Crippen molar-refractivity contribution >= 4 is 59.9 Å². The first-order valence-corrected chi connectivity index (χ1v) is 12.9. The Kier molecular flexibility index (Phi) is 10.4. The zero-order chi connectivity index (χ0) is 26.1. The van der Waals surface area contributed by atoms with Crippen molar-refractivity contribution in [2.75, 3.05) is 13.7 Å². The SMILES string of the molecule is COCc1c(Br)c(C)nc(OCC(=O)N/N=C/c2cc(Br)c(OCc3ccccc3)c(Br)c2)c1C#N. The van der Waals surface area contributed by atoms with Crippen molar-refractivity contribution in [3.05, 3.63) is 83.8 Å². The van der Waals surface area contributed by atoms with Crippen LogP contribution >= 0.6 is 47.8 Å². The van der Waals surface area contributed by atoms with Gasteiger partial charge in [-0.1, -0.05) is 30.3 Å². The number of rotatable bonds is 10. The van der Waals surface area contributed by atoms with Gasteiger partial charge in [-0.2, -0.15) is 10.4 Å². The number of pyridine rings is 1. The highest BCUT2D eigenvalue weighted by Crippen LogP contribution is 2.35. The summed E-state index contributed by atoms with van der Waals surface area (Å²) in [5, 5.41) is 13.5. The fourth-order valence-corrected chi connectivity index (χ4v) is 4.93. The molecule has 0 aliphatic rings. The standard InChI is InChI=1S/C25H21Br3N4O4/c1-15-23(28)19(13-34-2)18(10-29)25(31-15)36-14-22(33)32-30-11-17-8-20(26)24(21(27)9-17)35-12-16-6-4-3-5-7-16/h3-9,11H,12-14H2,1-2H3,(H,32,33)/b30-11+. The van der Waals surface area contributed by atoms with Crippen LogP contribution in [0.25, 0.3) is 0 Å². The number of hydrogen-bond donors (Lipinski definition) is 1. The van der Waals surface area contributed by atoms with Crippen LogP contribution in [-0.2, 0) is 22.7 Å². The molecule has 0 bridgehead atoms. The molecular weight excluding hydrogens is 660 g/mol. The number of carbonyl (C=O) groups is 1. The zero-order valence-corrected chi connectivity index (χ0v) is 24.1. The van der Waals surface area contributed by atoms with E-state index in [9.17, 15) is 10.1 Å². The van der Waals surface area contributed by atoms with Gasteiger partial charge in [0.15, 0.2) is 6.61 Å². The topological polar surface area (TPSA) is 106 Å². The predicted molar refractivity (Wildman–Crippen MR) is 146 cm³/mol. The predicted octanol–water partition coefficient (Wildman–Crippen LogP) is 5.80. The van der Waals surface area contributed by atoms with Gasteiger partial charge >= 0.3 is 0 Å². The molecule has 0 atom stereocenters. The number of aromatic nitrogens is 1. The second-order valence-electron chi connectivity index (χ2n) is 7.38. The maximum atomic E-state index is 12.2. The van der Waals surface area contributed by atoms with E-state index in [0.29, 0.717) is 28.1 Å². The lowest BCUT2D eigenvalue weighted by Gasteiger charge is -2.13. The number of methoxy groups -OCH3 is 1. The number of hydrazone groups is 1. The largest absolute Gasteiger partial charge is 0.487 e. The van der Waals surface area contributed by atoms with Crippen LogP contribution < -0.4 is 14.9 Å².